The summed E-state index contributed by atoms with van der Waals surface area (Å²) in [7, 11) is 0. The highest BCUT2D eigenvalue weighted by molar-refractivity contribution is 5.86. The molecule has 3 rings (SSSR count). The molecule has 1 aliphatic rings. The maximum atomic E-state index is 12.8. The summed E-state index contributed by atoms with van der Waals surface area (Å²) in [6.07, 6.45) is -3.16. The Labute approximate surface area is 117 Å². The highest BCUT2D eigenvalue weighted by atomic mass is 19.4. The van der Waals surface area contributed by atoms with Crippen molar-refractivity contribution in [2.24, 2.45) is 0 Å². The van der Waals surface area contributed by atoms with Crippen LogP contribution >= 0.6 is 0 Å². The van der Waals surface area contributed by atoms with Gasteiger partial charge in [-0.2, -0.15) is 13.2 Å². The predicted octanol–water partition coefficient (Wildman–Crippen LogP) is 3.87. The van der Waals surface area contributed by atoms with Gasteiger partial charge in [0.2, 0.25) is 5.95 Å². The monoisotopic (exact) mass is 299 g/mol. The first-order valence-electron chi connectivity index (χ1n) is 6.45. The third-order valence-corrected chi connectivity index (χ3v) is 3.68. The largest absolute Gasteiger partial charge is 0.465 e. The van der Waals surface area contributed by atoms with Crippen LogP contribution in [0, 0.1) is 0 Å². The summed E-state index contributed by atoms with van der Waals surface area (Å²) in [5.74, 6) is 0.0709. The Bertz CT molecular complexity index is 704. The van der Waals surface area contributed by atoms with Crippen molar-refractivity contribution in [3.63, 3.8) is 0 Å². The SMILES string of the molecule is O=C(O)Nc1nc2ccc(C(F)(F)F)cc2n1C1CCC1. The number of benzene rings is 1. The standard InChI is InChI=1S/C13H12F3N3O2/c14-13(15,16)7-4-5-9-10(6-7)19(8-2-1-3-8)11(17-9)18-12(20)21/h4-6,8H,1-3H2,(H,17,18)(H,20,21). The van der Waals surface area contributed by atoms with Gasteiger partial charge in [0.25, 0.3) is 0 Å². The van der Waals surface area contributed by atoms with E-state index in [0.29, 0.717) is 11.0 Å². The molecule has 0 bridgehead atoms. The van der Waals surface area contributed by atoms with Crippen molar-refractivity contribution in [1.29, 1.82) is 0 Å². The zero-order chi connectivity index (χ0) is 15.2. The molecule has 5 nitrogen and oxygen atoms in total. The zero-order valence-electron chi connectivity index (χ0n) is 10.8. The lowest BCUT2D eigenvalue weighted by Gasteiger charge is -2.28. The normalized spacial score (nSPS) is 16.0. The lowest BCUT2D eigenvalue weighted by atomic mass is 9.92. The number of alkyl halides is 3. The minimum absolute atomic E-state index is 0.0136. The molecule has 1 aromatic heterocycles. The van der Waals surface area contributed by atoms with Crippen LogP contribution in [0.25, 0.3) is 11.0 Å². The lowest BCUT2D eigenvalue weighted by molar-refractivity contribution is -0.137. The number of carbonyl (C=O) groups is 1. The molecule has 8 heteroatoms. The smallest absolute Gasteiger partial charge is 0.416 e. The number of nitrogens with zero attached hydrogens (tertiary/aromatic N) is 2. The second-order valence-corrected chi connectivity index (χ2v) is 5.02. The maximum absolute atomic E-state index is 12.8. The number of aromatic nitrogens is 2. The fourth-order valence-corrected chi connectivity index (χ4v) is 2.47. The van der Waals surface area contributed by atoms with Crippen molar-refractivity contribution in [3.05, 3.63) is 23.8 Å². The molecule has 1 fully saturated rings. The number of anilines is 1. The van der Waals surface area contributed by atoms with Crippen LogP contribution < -0.4 is 5.32 Å². The third-order valence-electron chi connectivity index (χ3n) is 3.68. The molecular formula is C13H12F3N3O2. The number of imidazole rings is 1. The lowest BCUT2D eigenvalue weighted by Crippen LogP contribution is -2.21. The van der Waals surface area contributed by atoms with Crippen molar-refractivity contribution in [1.82, 2.24) is 9.55 Å². The summed E-state index contributed by atoms with van der Waals surface area (Å²) in [4.78, 5) is 14.9. The first-order chi connectivity index (χ1) is 9.86. The predicted molar refractivity (Wildman–Crippen MR) is 69.3 cm³/mol. The number of nitrogens with one attached hydrogen (secondary N) is 1. The number of carboxylic acid groups (broad SMARTS) is 1. The van der Waals surface area contributed by atoms with E-state index in [-0.39, 0.29) is 12.0 Å². The van der Waals surface area contributed by atoms with Crippen molar-refractivity contribution in [2.45, 2.75) is 31.5 Å². The Morgan fingerprint density at radius 3 is 2.62 bits per heavy atom. The van der Waals surface area contributed by atoms with Crippen LogP contribution in [0.1, 0.15) is 30.9 Å². The van der Waals surface area contributed by atoms with E-state index in [1.807, 2.05) is 0 Å². The van der Waals surface area contributed by atoms with E-state index in [1.165, 1.54) is 6.07 Å². The first kappa shape index (κ1) is 13.7. The van der Waals surface area contributed by atoms with Gasteiger partial charge in [-0.05, 0) is 37.5 Å². The van der Waals surface area contributed by atoms with Gasteiger partial charge in [-0.15, -0.1) is 0 Å². The number of hydrogen-bond donors (Lipinski definition) is 2. The molecule has 1 saturated carbocycles. The van der Waals surface area contributed by atoms with Crippen LogP contribution in [0.15, 0.2) is 18.2 Å². The Hall–Kier alpha value is -2.25. The summed E-state index contributed by atoms with van der Waals surface area (Å²) in [6, 6.07) is 3.22. The van der Waals surface area contributed by atoms with Crippen LogP contribution in [-0.4, -0.2) is 20.8 Å². The van der Waals surface area contributed by atoms with Crippen LogP contribution in [0.2, 0.25) is 0 Å². The van der Waals surface area contributed by atoms with Crippen molar-refractivity contribution in [3.8, 4) is 0 Å². The average Bonchev–Trinajstić information content (AvgIpc) is 2.63. The van der Waals surface area contributed by atoms with Gasteiger partial charge in [0, 0.05) is 6.04 Å². The number of rotatable bonds is 2. The van der Waals surface area contributed by atoms with E-state index >= 15 is 0 Å². The number of halogens is 3. The Morgan fingerprint density at radius 1 is 1.38 bits per heavy atom. The highest BCUT2D eigenvalue weighted by Gasteiger charge is 2.32. The maximum Gasteiger partial charge on any atom is 0.416 e. The van der Waals surface area contributed by atoms with Crippen molar-refractivity contribution < 1.29 is 23.1 Å². The minimum atomic E-state index is -4.44. The fraction of sp³-hybridized carbons (Fsp3) is 0.385. The molecule has 0 aliphatic heterocycles. The molecule has 1 amide bonds. The van der Waals surface area contributed by atoms with E-state index in [9.17, 15) is 18.0 Å². The topological polar surface area (TPSA) is 67.2 Å². The second kappa shape index (κ2) is 4.64. The number of amides is 1. The zero-order valence-corrected chi connectivity index (χ0v) is 10.8. The summed E-state index contributed by atoms with van der Waals surface area (Å²) in [5, 5.41) is 11.0. The van der Waals surface area contributed by atoms with Gasteiger partial charge in [-0.25, -0.2) is 9.78 Å². The van der Waals surface area contributed by atoms with Crippen LogP contribution in [0.5, 0.6) is 0 Å². The molecule has 2 N–H and O–H groups in total. The van der Waals surface area contributed by atoms with E-state index in [2.05, 4.69) is 10.3 Å². The van der Waals surface area contributed by atoms with E-state index in [0.717, 1.165) is 31.4 Å². The van der Waals surface area contributed by atoms with Crippen LogP contribution in [0.3, 0.4) is 0 Å². The Balaban J connectivity index is 2.17. The van der Waals surface area contributed by atoms with Gasteiger partial charge >= 0.3 is 12.3 Å². The molecule has 21 heavy (non-hydrogen) atoms. The van der Waals surface area contributed by atoms with Gasteiger partial charge in [-0.3, -0.25) is 5.32 Å². The Kier molecular flexibility index (Phi) is 3.03. The van der Waals surface area contributed by atoms with Crippen LogP contribution in [0.4, 0.5) is 23.9 Å². The van der Waals surface area contributed by atoms with E-state index < -0.39 is 17.8 Å². The van der Waals surface area contributed by atoms with Gasteiger partial charge < -0.3 is 9.67 Å². The molecule has 0 spiro atoms. The molecule has 1 aliphatic carbocycles. The Morgan fingerprint density at radius 2 is 2.10 bits per heavy atom. The molecule has 112 valence electrons. The van der Waals surface area contributed by atoms with E-state index in [1.54, 1.807) is 4.57 Å². The van der Waals surface area contributed by atoms with Crippen molar-refractivity contribution >= 4 is 23.1 Å². The summed E-state index contributed by atoms with van der Waals surface area (Å²) >= 11 is 0. The minimum Gasteiger partial charge on any atom is -0.465 e. The summed E-state index contributed by atoms with van der Waals surface area (Å²) < 4.78 is 40.0. The molecule has 0 unspecified atom stereocenters. The third kappa shape index (κ3) is 2.41. The van der Waals surface area contributed by atoms with Gasteiger partial charge in [0.15, 0.2) is 0 Å². The molecule has 1 heterocycles. The number of hydrogen-bond acceptors (Lipinski definition) is 2. The fourth-order valence-electron chi connectivity index (χ4n) is 2.47. The molecule has 2 aromatic rings. The molecule has 0 saturated heterocycles. The van der Waals surface area contributed by atoms with Gasteiger partial charge in [0.05, 0.1) is 16.6 Å². The average molecular weight is 299 g/mol. The molecule has 0 radical (unpaired) electrons. The molecule has 0 atom stereocenters. The van der Waals surface area contributed by atoms with E-state index in [4.69, 9.17) is 5.11 Å². The summed E-state index contributed by atoms with van der Waals surface area (Å²) in [5.41, 5.74) is -0.116. The first-order valence-corrected chi connectivity index (χ1v) is 6.45. The van der Waals surface area contributed by atoms with Crippen molar-refractivity contribution in [2.75, 3.05) is 5.32 Å². The molecular weight excluding hydrogens is 287 g/mol. The van der Waals surface area contributed by atoms with Gasteiger partial charge in [0.1, 0.15) is 0 Å². The second-order valence-electron chi connectivity index (χ2n) is 5.02. The highest BCUT2D eigenvalue weighted by Crippen LogP contribution is 2.39. The molecule has 1 aromatic carbocycles. The quantitative estimate of drug-likeness (QED) is 0.884. The van der Waals surface area contributed by atoms with Gasteiger partial charge in [-0.1, -0.05) is 0 Å². The number of fused-ring (bicyclic) bond motifs is 1. The van der Waals surface area contributed by atoms with Crippen LogP contribution in [-0.2, 0) is 6.18 Å². The summed E-state index contributed by atoms with van der Waals surface area (Å²) in [6.45, 7) is 0.